The van der Waals surface area contributed by atoms with Gasteiger partial charge in [0.2, 0.25) is 0 Å². The third-order valence-corrected chi connectivity index (χ3v) is 48.1. The molecule has 28 spiro atoms. The molecule has 0 amide bonds. The molecule has 0 aromatic rings. The van der Waals surface area contributed by atoms with E-state index >= 15 is 0 Å². The predicted octanol–water partition coefficient (Wildman–Crippen LogP) is 4.27. The van der Waals surface area contributed by atoms with E-state index in [1.807, 2.05) is 25.7 Å². The van der Waals surface area contributed by atoms with Crippen LogP contribution in [0.5, 0.6) is 0 Å². The summed E-state index contributed by atoms with van der Waals surface area (Å²) in [4.78, 5) is 0. The molecule has 0 aromatic heterocycles. The van der Waals surface area contributed by atoms with E-state index in [2.05, 4.69) is 0 Å². The fourth-order valence-corrected chi connectivity index (χ4v) is 62.0. The second-order valence-corrected chi connectivity index (χ2v) is 35.4. The van der Waals surface area contributed by atoms with E-state index in [1.54, 1.807) is 0 Å². The lowest BCUT2D eigenvalue weighted by Crippen LogP contribution is -3.70. The van der Waals surface area contributed by atoms with Gasteiger partial charge in [-0.05, 0) is 307 Å². The molecule has 44 unspecified atom stereocenters. The SMILES string of the molecule is C1C2C3C4C5CC6C7C8C9C%10C%11C%12CC%13C%14C%15C%16CC%17C%18C%19C%20C%21C%22C1C21C32C43C56C74C85C96C%107C%118C%13%12C%149C%15%10C%16%17C%18%11C%19%12C%20%13C%21%14C%221C21C34C52C%141C%131C%123C%10%11C98C73C621. The summed E-state index contributed by atoms with van der Waals surface area (Å²) in [6.45, 7) is 0. The van der Waals surface area contributed by atoms with Gasteiger partial charge in [-0.15, -0.1) is 0 Å². The molecular formula is C54H30. The Kier molecular flexibility index (Phi) is 0.822. The Morgan fingerprint density at radius 3 is 0.593 bits per heavy atom. The highest BCUT2D eigenvalue weighted by Crippen LogP contribution is 3.74. The summed E-state index contributed by atoms with van der Waals surface area (Å²) in [5.74, 6) is 31.0. The summed E-state index contributed by atoms with van der Waals surface area (Å²) in [5.41, 5.74) is 31.9. The molecule has 40 aliphatic carbocycles. The first-order chi connectivity index (χ1) is 26.9. The lowest BCUT2D eigenvalue weighted by molar-refractivity contribution is -1.27. The monoisotopic (exact) mass is 678 g/mol. The second kappa shape index (κ2) is 2.53. The van der Waals surface area contributed by atoms with Gasteiger partial charge in [-0.3, -0.25) is 0 Å². The number of hydrogen-bond acceptors (Lipinski definition) is 0. The van der Waals surface area contributed by atoms with E-state index in [-0.39, 0.29) is 0 Å². The minimum Gasteiger partial charge on any atom is -0.0458 e. The van der Waals surface area contributed by atoms with Gasteiger partial charge in [0.15, 0.2) is 0 Å². The van der Waals surface area contributed by atoms with E-state index in [4.69, 9.17) is 0 Å². The van der Waals surface area contributed by atoms with E-state index in [0.29, 0.717) is 0 Å². The zero-order valence-corrected chi connectivity index (χ0v) is 29.5. The fraction of sp³-hybridized carbons (Fsp3) is 1.00. The van der Waals surface area contributed by atoms with Crippen LogP contribution in [0.2, 0.25) is 0 Å². The van der Waals surface area contributed by atoms with Crippen LogP contribution < -0.4 is 0 Å². The molecule has 40 aliphatic rings. The van der Waals surface area contributed by atoms with Crippen LogP contribution in [0.3, 0.4) is 0 Å². The molecule has 0 N–H and O–H groups in total. The second-order valence-electron chi connectivity index (χ2n) is 35.4. The average Bonchev–Trinajstić information content (AvgIpc) is 3.02. The van der Waals surface area contributed by atoms with Crippen molar-refractivity contribution in [2.24, 2.45) is 282 Å². The van der Waals surface area contributed by atoms with Crippen LogP contribution in [0.1, 0.15) is 25.7 Å². The third-order valence-electron chi connectivity index (χ3n) is 48.1. The van der Waals surface area contributed by atoms with Crippen LogP contribution >= 0.6 is 0 Å². The Morgan fingerprint density at radius 1 is 0.167 bits per heavy atom. The molecule has 40 fully saturated rings. The Labute approximate surface area is 306 Å². The van der Waals surface area contributed by atoms with Gasteiger partial charge in [0, 0.05) is 0 Å². The van der Waals surface area contributed by atoms with Gasteiger partial charge in [-0.1, -0.05) is 0 Å². The lowest BCUT2D eigenvalue weighted by Gasteiger charge is -3.71. The van der Waals surface area contributed by atoms with E-state index in [9.17, 15) is 0 Å². The van der Waals surface area contributed by atoms with Crippen molar-refractivity contribution in [1.29, 1.82) is 0 Å². The molecule has 0 saturated heterocycles. The van der Waals surface area contributed by atoms with Crippen LogP contribution in [0.4, 0.5) is 0 Å². The van der Waals surface area contributed by atoms with E-state index in [0.717, 1.165) is 152 Å². The molecule has 40 saturated carbocycles. The van der Waals surface area contributed by atoms with Crippen LogP contribution in [0, 0.1) is 282 Å². The number of rotatable bonds is 0. The Balaban J connectivity index is 0.833. The minimum absolute atomic E-state index is 1.11. The first-order valence-electron chi connectivity index (χ1n) is 26.9. The average molecular weight is 679 g/mol. The molecule has 0 aliphatic heterocycles. The summed E-state index contributed by atoms with van der Waals surface area (Å²) < 4.78 is 0. The molecule has 0 aromatic carbocycles. The lowest BCUT2D eigenvalue weighted by atomic mass is 8.31. The van der Waals surface area contributed by atoms with Crippen molar-refractivity contribution in [1.82, 2.24) is 0 Å². The van der Waals surface area contributed by atoms with Crippen molar-refractivity contribution in [3.05, 3.63) is 0 Å². The molecule has 40 rings (SSSR count). The summed E-state index contributed by atoms with van der Waals surface area (Å²) >= 11 is 0. The zero-order valence-electron chi connectivity index (χ0n) is 29.5. The standard InChI is InChI=1S/C54H30/c1-5-13-14-6-2-10-19-23-26-24-20-12-4-8-16-15-7-3-11-18-22-25-21-17-9(1)27(5)31(13)32(14)28(6,10)36(19)41(23)44(26)42(24)38(20)30(8,12)34(16)33(15)29(7,11)37(18)40(22)43(25)39(21)35(17,27)45(31)46(32,36)50(41)49(39,45)53(43)51(40)47(33,37)48(34,38)52(42,51)54(44,50)53/h5-26H,1-4H2. The summed E-state index contributed by atoms with van der Waals surface area (Å²) in [6, 6.07) is 0. The predicted molar refractivity (Wildman–Crippen MR) is 163 cm³/mol. The zero-order chi connectivity index (χ0) is 29.5. The van der Waals surface area contributed by atoms with Crippen molar-refractivity contribution in [2.45, 2.75) is 25.7 Å². The first kappa shape index (κ1) is 17.5. The molecule has 0 heteroatoms. The van der Waals surface area contributed by atoms with E-state index in [1.165, 1.54) is 130 Å². The maximum Gasteiger partial charge on any atom is -0.000370 e. The molecular weight excluding hydrogens is 649 g/mol. The van der Waals surface area contributed by atoms with Gasteiger partial charge in [-0.25, -0.2) is 0 Å². The van der Waals surface area contributed by atoms with Gasteiger partial charge in [-0.2, -0.15) is 0 Å². The van der Waals surface area contributed by atoms with Crippen molar-refractivity contribution < 1.29 is 0 Å². The number of hydrogen-bond donors (Lipinski definition) is 0. The fourth-order valence-electron chi connectivity index (χ4n) is 62.0. The highest BCUT2D eigenvalue weighted by Gasteiger charge is 3.74. The molecule has 54 heavy (non-hydrogen) atoms. The number of fused-ring (bicyclic) bond motifs is 18. The molecule has 44 atom stereocenters. The van der Waals surface area contributed by atoms with E-state index < -0.39 is 0 Å². The maximum atomic E-state index is 1.86. The summed E-state index contributed by atoms with van der Waals surface area (Å²) in [5, 5.41) is 0. The van der Waals surface area contributed by atoms with Gasteiger partial charge in [0.1, 0.15) is 0 Å². The van der Waals surface area contributed by atoms with Crippen molar-refractivity contribution in [2.75, 3.05) is 0 Å². The minimum atomic E-state index is 1.11. The normalized spacial score (nSPS) is 145. The van der Waals surface area contributed by atoms with Crippen molar-refractivity contribution in [3.8, 4) is 0 Å². The molecule has 0 bridgehead atoms. The highest BCUT2D eigenvalue weighted by atomic mass is 15.8. The third kappa shape index (κ3) is 0.346. The molecule has 0 radical (unpaired) electrons. The van der Waals surface area contributed by atoms with Crippen LogP contribution in [-0.4, -0.2) is 0 Å². The van der Waals surface area contributed by atoms with Gasteiger partial charge < -0.3 is 0 Å². The highest BCUT2D eigenvalue weighted by molar-refractivity contribution is 6.18. The first-order valence-corrected chi connectivity index (χ1v) is 26.9. The smallest absolute Gasteiger partial charge is 0.000370 e. The van der Waals surface area contributed by atoms with Crippen LogP contribution in [-0.2, 0) is 0 Å². The molecule has 0 heterocycles. The Hall–Kier alpha value is 0. The maximum absolute atomic E-state index is 1.86. The largest absolute Gasteiger partial charge is 0.0458 e. The van der Waals surface area contributed by atoms with Gasteiger partial charge in [0.05, 0.1) is 0 Å². The molecule has 246 valence electrons. The Morgan fingerprint density at radius 2 is 0.333 bits per heavy atom. The quantitative estimate of drug-likeness (QED) is 0.360. The molecule has 0 nitrogen and oxygen atoms in total. The van der Waals surface area contributed by atoms with Gasteiger partial charge in [0.25, 0.3) is 0 Å². The summed E-state index contributed by atoms with van der Waals surface area (Å²) in [6.07, 6.45) is 7.45. The van der Waals surface area contributed by atoms with Crippen LogP contribution in [0.25, 0.3) is 0 Å². The Bertz CT molecular complexity index is 3290. The topological polar surface area (TPSA) is 0 Å². The van der Waals surface area contributed by atoms with Crippen LogP contribution in [0.15, 0.2) is 0 Å². The van der Waals surface area contributed by atoms with Crippen molar-refractivity contribution >= 4 is 0 Å². The van der Waals surface area contributed by atoms with Crippen molar-refractivity contribution in [3.63, 3.8) is 0 Å². The summed E-state index contributed by atoms with van der Waals surface area (Å²) in [7, 11) is 0. The van der Waals surface area contributed by atoms with Gasteiger partial charge >= 0.3 is 0 Å².